The molecular formula is C55H35N3O2Si. The largest absolute Gasteiger partial charge is 0.456 e. The number of hydrogen-bond acceptors (Lipinski definition) is 5. The molecular weight excluding hydrogens is 763 g/mol. The summed E-state index contributed by atoms with van der Waals surface area (Å²) in [5, 5.41) is 11.2. The maximum Gasteiger partial charge on any atom is 0.179 e. The minimum atomic E-state index is -2.86. The highest BCUT2D eigenvalue weighted by Gasteiger charge is 2.41. The number of aromatic nitrogens is 3. The third-order valence-electron chi connectivity index (χ3n) is 12.1. The molecule has 0 aliphatic heterocycles. The normalized spacial score (nSPS) is 11.9. The predicted octanol–water partition coefficient (Wildman–Crippen LogP) is 11.2. The fourth-order valence-corrected chi connectivity index (χ4v) is 14.2. The fourth-order valence-electron chi connectivity index (χ4n) is 9.40. The highest BCUT2D eigenvalue weighted by Crippen LogP contribution is 2.42. The van der Waals surface area contributed by atoms with Gasteiger partial charge in [-0.05, 0) is 50.4 Å². The summed E-state index contributed by atoms with van der Waals surface area (Å²) >= 11 is 0. The van der Waals surface area contributed by atoms with Crippen molar-refractivity contribution < 1.29 is 8.83 Å². The topological polar surface area (TPSA) is 65.0 Å². The van der Waals surface area contributed by atoms with Crippen LogP contribution >= 0.6 is 0 Å². The smallest absolute Gasteiger partial charge is 0.179 e. The van der Waals surface area contributed by atoms with Crippen LogP contribution in [0.5, 0.6) is 0 Å². The van der Waals surface area contributed by atoms with Crippen molar-refractivity contribution in [3.8, 4) is 34.2 Å². The summed E-state index contributed by atoms with van der Waals surface area (Å²) in [6.07, 6.45) is 0. The minimum absolute atomic E-state index is 0.564. The van der Waals surface area contributed by atoms with Gasteiger partial charge in [-0.25, -0.2) is 15.0 Å². The Morgan fingerprint density at radius 2 is 0.820 bits per heavy atom. The highest BCUT2D eigenvalue weighted by molar-refractivity contribution is 7.19. The van der Waals surface area contributed by atoms with Crippen LogP contribution in [0.3, 0.4) is 0 Å². The van der Waals surface area contributed by atoms with E-state index in [1.54, 1.807) is 0 Å². The van der Waals surface area contributed by atoms with Gasteiger partial charge in [-0.1, -0.05) is 188 Å². The number of fused-ring (bicyclic) bond motifs is 8. The van der Waals surface area contributed by atoms with E-state index in [0.717, 1.165) is 71.3 Å². The van der Waals surface area contributed by atoms with Crippen molar-refractivity contribution in [1.29, 1.82) is 0 Å². The van der Waals surface area contributed by atoms with E-state index in [1.807, 2.05) is 42.5 Å². The van der Waals surface area contributed by atoms with E-state index >= 15 is 0 Å². The van der Waals surface area contributed by atoms with Crippen LogP contribution in [-0.4, -0.2) is 23.0 Å². The lowest BCUT2D eigenvalue weighted by Gasteiger charge is -2.34. The van der Waals surface area contributed by atoms with Crippen molar-refractivity contribution in [2.75, 3.05) is 0 Å². The Bertz CT molecular complexity index is 3500. The first-order valence-corrected chi connectivity index (χ1v) is 22.5. The van der Waals surface area contributed by atoms with Gasteiger partial charge in [-0.2, -0.15) is 0 Å². The first kappa shape index (κ1) is 35.0. The van der Waals surface area contributed by atoms with Gasteiger partial charge >= 0.3 is 0 Å². The molecule has 0 aliphatic carbocycles. The van der Waals surface area contributed by atoms with E-state index in [0.29, 0.717) is 17.5 Å². The van der Waals surface area contributed by atoms with E-state index < -0.39 is 8.07 Å². The summed E-state index contributed by atoms with van der Waals surface area (Å²) in [4.78, 5) is 16.2. The molecule has 12 rings (SSSR count). The molecule has 286 valence electrons. The van der Waals surface area contributed by atoms with E-state index in [2.05, 4.69) is 170 Å². The molecule has 6 heteroatoms. The standard InChI is InChI=1S/C55H35N3O2Si/c1-4-20-38(21-5-1)61(39-22-6-2-7-23-39,40-24-8-3-9-25-40)41-26-16-19-37(34-41)53-56-54(45-30-17-33-49-50(45)43-28-12-14-31-47(43)59-49)58-55(57-53)46-35-36-18-10-11-27-42(36)52-51(46)44-29-13-15-32-48(44)60-52/h1-35H. The van der Waals surface area contributed by atoms with Crippen LogP contribution in [0, 0.1) is 0 Å². The number of nitrogens with zero attached hydrogens (tertiary/aromatic N) is 3. The van der Waals surface area contributed by atoms with Crippen molar-refractivity contribution in [3.05, 3.63) is 212 Å². The molecule has 9 aromatic carbocycles. The maximum atomic E-state index is 6.65. The molecule has 5 nitrogen and oxygen atoms in total. The average molecular weight is 798 g/mol. The summed E-state index contributed by atoms with van der Waals surface area (Å²) in [5.41, 5.74) is 5.88. The van der Waals surface area contributed by atoms with Gasteiger partial charge in [0.1, 0.15) is 22.3 Å². The SMILES string of the molecule is c1ccc([Si](c2ccccc2)(c2ccccc2)c2cccc(-c3nc(-c4cccc5oc6ccccc6c45)nc(-c4cc5ccccc5c5oc6ccccc6c45)n3)c2)cc1. The first-order chi connectivity index (χ1) is 30.2. The summed E-state index contributed by atoms with van der Waals surface area (Å²) < 4.78 is 13.0. The van der Waals surface area contributed by atoms with Crippen LogP contribution in [0.1, 0.15) is 0 Å². The predicted molar refractivity (Wildman–Crippen MR) is 252 cm³/mol. The Hall–Kier alpha value is -7.93. The van der Waals surface area contributed by atoms with Crippen LogP contribution in [0.25, 0.3) is 88.8 Å². The van der Waals surface area contributed by atoms with Gasteiger partial charge in [-0.3, -0.25) is 0 Å². The molecule has 0 saturated carbocycles. The minimum Gasteiger partial charge on any atom is -0.456 e. The highest BCUT2D eigenvalue weighted by atomic mass is 28.3. The summed E-state index contributed by atoms with van der Waals surface area (Å²) in [7, 11) is -2.86. The average Bonchev–Trinajstić information content (AvgIpc) is 3.92. The Labute approximate surface area is 352 Å². The molecule has 3 heterocycles. The number of benzene rings is 9. The van der Waals surface area contributed by atoms with E-state index in [-0.39, 0.29) is 0 Å². The number of furan rings is 2. The Balaban J connectivity index is 1.17. The number of hydrogen-bond donors (Lipinski definition) is 0. The third-order valence-corrected chi connectivity index (χ3v) is 16.8. The first-order valence-electron chi connectivity index (χ1n) is 20.5. The van der Waals surface area contributed by atoms with Crippen molar-refractivity contribution in [2.45, 2.75) is 0 Å². The lowest BCUT2D eigenvalue weighted by Crippen LogP contribution is -2.74. The van der Waals surface area contributed by atoms with Crippen LogP contribution in [-0.2, 0) is 0 Å². The van der Waals surface area contributed by atoms with Gasteiger partial charge in [0.05, 0.1) is 0 Å². The molecule has 0 fully saturated rings. The molecule has 0 aliphatic rings. The van der Waals surface area contributed by atoms with Gasteiger partial charge in [0.2, 0.25) is 0 Å². The second kappa shape index (κ2) is 14.1. The van der Waals surface area contributed by atoms with E-state index in [4.69, 9.17) is 23.8 Å². The monoisotopic (exact) mass is 797 g/mol. The van der Waals surface area contributed by atoms with Crippen LogP contribution in [0.15, 0.2) is 221 Å². The molecule has 0 atom stereocenters. The summed E-state index contributed by atoms with van der Waals surface area (Å²) in [6, 6.07) is 74.9. The van der Waals surface area contributed by atoms with Crippen LogP contribution in [0.2, 0.25) is 0 Å². The summed E-state index contributed by atoms with van der Waals surface area (Å²) in [6.45, 7) is 0. The second-order valence-electron chi connectivity index (χ2n) is 15.5. The van der Waals surface area contributed by atoms with Gasteiger partial charge < -0.3 is 8.83 Å². The van der Waals surface area contributed by atoms with Crippen molar-refractivity contribution >= 4 is 83.5 Å². The Morgan fingerprint density at radius 3 is 1.49 bits per heavy atom. The van der Waals surface area contributed by atoms with Crippen LogP contribution in [0.4, 0.5) is 0 Å². The molecule has 0 saturated heterocycles. The van der Waals surface area contributed by atoms with Gasteiger partial charge in [0, 0.05) is 43.6 Å². The second-order valence-corrected chi connectivity index (χ2v) is 19.3. The van der Waals surface area contributed by atoms with Crippen molar-refractivity contribution in [1.82, 2.24) is 15.0 Å². The lowest BCUT2D eigenvalue weighted by atomic mass is 9.99. The number of rotatable bonds is 7. The fraction of sp³-hybridized carbons (Fsp3) is 0. The molecule has 3 aromatic heterocycles. The van der Waals surface area contributed by atoms with E-state index in [9.17, 15) is 0 Å². The lowest BCUT2D eigenvalue weighted by molar-refractivity contribution is 0.669. The van der Waals surface area contributed by atoms with Gasteiger partial charge in [0.15, 0.2) is 25.5 Å². The number of para-hydroxylation sites is 2. The molecule has 61 heavy (non-hydrogen) atoms. The molecule has 0 bridgehead atoms. The zero-order valence-corrected chi connectivity index (χ0v) is 33.9. The van der Waals surface area contributed by atoms with Crippen LogP contribution < -0.4 is 20.7 Å². The quantitative estimate of drug-likeness (QED) is 0.119. The molecule has 0 spiro atoms. The molecule has 0 N–H and O–H groups in total. The zero-order chi connectivity index (χ0) is 40.3. The van der Waals surface area contributed by atoms with E-state index in [1.165, 1.54) is 20.7 Å². The van der Waals surface area contributed by atoms with Crippen molar-refractivity contribution in [2.24, 2.45) is 0 Å². The molecule has 0 amide bonds. The molecule has 0 radical (unpaired) electrons. The Kier molecular flexibility index (Phi) is 8.11. The van der Waals surface area contributed by atoms with Gasteiger partial charge in [0.25, 0.3) is 0 Å². The zero-order valence-electron chi connectivity index (χ0n) is 32.9. The van der Waals surface area contributed by atoms with Crippen molar-refractivity contribution in [3.63, 3.8) is 0 Å². The molecule has 12 aromatic rings. The third kappa shape index (κ3) is 5.57. The summed E-state index contributed by atoms with van der Waals surface area (Å²) in [5.74, 6) is 1.71. The Morgan fingerprint density at radius 1 is 0.328 bits per heavy atom. The molecule has 0 unspecified atom stereocenters. The maximum absolute atomic E-state index is 6.65. The van der Waals surface area contributed by atoms with Gasteiger partial charge in [-0.15, -0.1) is 0 Å².